The molecule has 0 spiro atoms. The smallest absolute Gasteiger partial charge is 0.274 e. The highest BCUT2D eigenvalue weighted by Crippen LogP contribution is 2.23. The van der Waals surface area contributed by atoms with E-state index in [2.05, 4.69) is 15.9 Å². The van der Waals surface area contributed by atoms with Gasteiger partial charge >= 0.3 is 0 Å². The van der Waals surface area contributed by atoms with Crippen LogP contribution in [-0.2, 0) is 11.3 Å². The molecule has 0 fully saturated rings. The maximum Gasteiger partial charge on any atom is 0.274 e. The Morgan fingerprint density at radius 1 is 1.44 bits per heavy atom. The van der Waals surface area contributed by atoms with Crippen molar-refractivity contribution in [3.8, 4) is 0 Å². The van der Waals surface area contributed by atoms with Crippen molar-refractivity contribution >= 4 is 27.5 Å². The summed E-state index contributed by atoms with van der Waals surface area (Å²) in [7, 11) is 1.63. The van der Waals surface area contributed by atoms with Crippen molar-refractivity contribution < 1.29 is 9.72 Å². The van der Waals surface area contributed by atoms with E-state index in [4.69, 9.17) is 0 Å². The third-order valence-electron chi connectivity index (χ3n) is 2.45. The van der Waals surface area contributed by atoms with E-state index >= 15 is 0 Å². The Hall–Kier alpha value is -1.43. The molecule has 1 aromatic rings. The fraction of sp³-hybridized carbons (Fsp3) is 0.417. The number of halogens is 1. The van der Waals surface area contributed by atoms with Crippen LogP contribution >= 0.6 is 15.9 Å². The molecular formula is C12H15BrN2O3. The van der Waals surface area contributed by atoms with Gasteiger partial charge in [0.15, 0.2) is 0 Å². The minimum absolute atomic E-state index is 0.0320. The van der Waals surface area contributed by atoms with E-state index in [0.717, 1.165) is 0 Å². The number of rotatable bonds is 4. The first kappa shape index (κ1) is 14.6. The van der Waals surface area contributed by atoms with Gasteiger partial charge in [0.05, 0.1) is 15.8 Å². The van der Waals surface area contributed by atoms with Crippen LogP contribution in [0.3, 0.4) is 0 Å². The zero-order valence-corrected chi connectivity index (χ0v) is 12.1. The predicted octanol–water partition coefficient (Wildman–Crippen LogP) is 2.73. The summed E-state index contributed by atoms with van der Waals surface area (Å²) in [5.74, 6) is -0.124. The Bertz CT molecular complexity index is 469. The van der Waals surface area contributed by atoms with Crippen molar-refractivity contribution in [1.29, 1.82) is 0 Å². The standard InChI is InChI=1S/C12H15BrN2O3/c1-12(2,13)11(16)14(3)8-9-6-4-5-7-10(9)15(17)18/h4-7H,8H2,1-3H3. The maximum atomic E-state index is 12.0. The molecule has 0 aliphatic heterocycles. The fourth-order valence-corrected chi connectivity index (χ4v) is 1.91. The van der Waals surface area contributed by atoms with Gasteiger partial charge in [-0.15, -0.1) is 0 Å². The highest BCUT2D eigenvalue weighted by Gasteiger charge is 2.28. The lowest BCUT2D eigenvalue weighted by Crippen LogP contribution is -2.38. The van der Waals surface area contributed by atoms with Crippen molar-refractivity contribution in [2.24, 2.45) is 0 Å². The van der Waals surface area contributed by atoms with Gasteiger partial charge in [-0.1, -0.05) is 34.1 Å². The van der Waals surface area contributed by atoms with Gasteiger partial charge in [-0.2, -0.15) is 0 Å². The molecule has 6 heteroatoms. The molecular weight excluding hydrogens is 300 g/mol. The van der Waals surface area contributed by atoms with Crippen LogP contribution < -0.4 is 0 Å². The Balaban J connectivity index is 2.92. The summed E-state index contributed by atoms with van der Waals surface area (Å²) in [6.07, 6.45) is 0. The molecule has 0 bridgehead atoms. The number of nitrogens with zero attached hydrogens (tertiary/aromatic N) is 2. The van der Waals surface area contributed by atoms with Crippen LogP contribution in [0.4, 0.5) is 5.69 Å². The number of amides is 1. The Morgan fingerprint density at radius 3 is 2.50 bits per heavy atom. The summed E-state index contributed by atoms with van der Waals surface area (Å²) < 4.78 is -0.675. The molecule has 0 atom stereocenters. The van der Waals surface area contributed by atoms with E-state index in [9.17, 15) is 14.9 Å². The van der Waals surface area contributed by atoms with Crippen LogP contribution in [0.5, 0.6) is 0 Å². The molecule has 5 nitrogen and oxygen atoms in total. The molecule has 0 heterocycles. The number of para-hydroxylation sites is 1. The summed E-state index contributed by atoms with van der Waals surface area (Å²) >= 11 is 3.28. The first-order chi connectivity index (χ1) is 8.23. The molecule has 0 saturated carbocycles. The van der Waals surface area contributed by atoms with Gasteiger partial charge in [0.1, 0.15) is 0 Å². The summed E-state index contributed by atoms with van der Waals surface area (Å²) in [6.45, 7) is 3.70. The number of alkyl halides is 1. The molecule has 1 rings (SSSR count). The molecule has 0 saturated heterocycles. The van der Waals surface area contributed by atoms with Gasteiger partial charge in [-0.25, -0.2) is 0 Å². The quantitative estimate of drug-likeness (QED) is 0.487. The predicted molar refractivity (Wildman–Crippen MR) is 72.6 cm³/mol. The Morgan fingerprint density at radius 2 is 2.00 bits per heavy atom. The van der Waals surface area contributed by atoms with Crippen molar-refractivity contribution in [2.45, 2.75) is 24.7 Å². The number of carbonyl (C=O) groups is 1. The van der Waals surface area contributed by atoms with Gasteiger partial charge in [0.2, 0.25) is 5.91 Å². The molecule has 98 valence electrons. The van der Waals surface area contributed by atoms with Crippen molar-refractivity contribution in [1.82, 2.24) is 4.90 Å². The molecule has 0 aliphatic carbocycles. The molecule has 1 aromatic carbocycles. The minimum Gasteiger partial charge on any atom is -0.340 e. The van der Waals surface area contributed by atoms with Gasteiger partial charge in [-0.05, 0) is 13.8 Å². The second-order valence-corrected chi connectivity index (χ2v) is 6.50. The van der Waals surface area contributed by atoms with Crippen LogP contribution in [0, 0.1) is 10.1 Å². The van der Waals surface area contributed by atoms with Crippen LogP contribution in [0.25, 0.3) is 0 Å². The third kappa shape index (κ3) is 3.53. The molecule has 1 amide bonds. The van der Waals surface area contributed by atoms with Crippen LogP contribution in [0.1, 0.15) is 19.4 Å². The van der Waals surface area contributed by atoms with Crippen LogP contribution in [-0.4, -0.2) is 27.1 Å². The van der Waals surface area contributed by atoms with E-state index in [-0.39, 0.29) is 18.1 Å². The van der Waals surface area contributed by atoms with E-state index in [1.165, 1.54) is 11.0 Å². The second-order valence-electron chi connectivity index (χ2n) is 4.52. The number of hydrogen-bond donors (Lipinski definition) is 0. The highest BCUT2D eigenvalue weighted by atomic mass is 79.9. The SMILES string of the molecule is CN(Cc1ccccc1[N+](=O)[O-])C(=O)C(C)(C)Br. The Labute approximate surface area is 114 Å². The van der Waals surface area contributed by atoms with Gasteiger partial charge in [0.25, 0.3) is 5.69 Å². The van der Waals surface area contributed by atoms with Gasteiger partial charge in [0, 0.05) is 18.7 Å². The normalized spacial score (nSPS) is 11.1. The first-order valence-corrected chi connectivity index (χ1v) is 6.19. The van der Waals surface area contributed by atoms with Crippen LogP contribution in [0.15, 0.2) is 24.3 Å². The van der Waals surface area contributed by atoms with Crippen molar-refractivity contribution in [3.63, 3.8) is 0 Å². The number of nitro benzene ring substituents is 1. The monoisotopic (exact) mass is 314 g/mol. The topological polar surface area (TPSA) is 63.4 Å². The Kier molecular flexibility index (Phi) is 4.45. The van der Waals surface area contributed by atoms with E-state index in [1.807, 2.05) is 0 Å². The second kappa shape index (κ2) is 5.48. The molecule has 0 radical (unpaired) electrons. The number of carbonyl (C=O) groups excluding carboxylic acids is 1. The van der Waals surface area contributed by atoms with Crippen molar-refractivity contribution in [2.75, 3.05) is 7.05 Å². The average molecular weight is 315 g/mol. The lowest BCUT2D eigenvalue weighted by molar-refractivity contribution is -0.385. The van der Waals surface area contributed by atoms with Gasteiger partial charge < -0.3 is 4.90 Å². The third-order valence-corrected chi connectivity index (χ3v) is 2.79. The van der Waals surface area contributed by atoms with Gasteiger partial charge in [-0.3, -0.25) is 14.9 Å². The number of nitro groups is 1. The summed E-state index contributed by atoms with van der Waals surface area (Å²) in [5, 5.41) is 10.9. The van der Waals surface area contributed by atoms with E-state index in [1.54, 1.807) is 39.1 Å². The molecule has 0 aliphatic rings. The molecule has 0 N–H and O–H groups in total. The van der Waals surface area contributed by atoms with Crippen LogP contribution in [0.2, 0.25) is 0 Å². The zero-order valence-electron chi connectivity index (χ0n) is 10.5. The minimum atomic E-state index is -0.675. The van der Waals surface area contributed by atoms with Crippen molar-refractivity contribution in [3.05, 3.63) is 39.9 Å². The zero-order chi connectivity index (χ0) is 13.9. The lowest BCUT2D eigenvalue weighted by atomic mass is 10.1. The first-order valence-electron chi connectivity index (χ1n) is 5.40. The highest BCUT2D eigenvalue weighted by molar-refractivity contribution is 9.10. The number of benzene rings is 1. The lowest BCUT2D eigenvalue weighted by Gasteiger charge is -2.24. The molecule has 0 aromatic heterocycles. The average Bonchev–Trinajstić information content (AvgIpc) is 2.27. The number of hydrogen-bond acceptors (Lipinski definition) is 3. The largest absolute Gasteiger partial charge is 0.340 e. The molecule has 18 heavy (non-hydrogen) atoms. The van der Waals surface area contributed by atoms with E-state index in [0.29, 0.717) is 5.56 Å². The summed E-state index contributed by atoms with van der Waals surface area (Å²) in [6, 6.07) is 6.42. The summed E-state index contributed by atoms with van der Waals surface area (Å²) in [4.78, 5) is 23.9. The maximum absolute atomic E-state index is 12.0. The fourth-order valence-electron chi connectivity index (χ4n) is 1.60. The summed E-state index contributed by atoms with van der Waals surface area (Å²) in [5.41, 5.74) is 0.555. The van der Waals surface area contributed by atoms with E-state index < -0.39 is 9.25 Å². The molecule has 0 unspecified atom stereocenters.